The Morgan fingerprint density at radius 3 is 2.90 bits per heavy atom. The Hall–Kier alpha value is -1.17. The summed E-state index contributed by atoms with van der Waals surface area (Å²) in [5.74, 6) is -0.130. The highest BCUT2D eigenvalue weighted by Crippen LogP contribution is 2.21. The summed E-state index contributed by atoms with van der Waals surface area (Å²) in [6, 6.07) is 5.39. The van der Waals surface area contributed by atoms with E-state index in [2.05, 4.69) is 15.5 Å². The van der Waals surface area contributed by atoms with Crippen LogP contribution in [0.3, 0.4) is 0 Å². The van der Waals surface area contributed by atoms with Gasteiger partial charge in [-0.15, -0.1) is 0 Å². The maximum Gasteiger partial charge on any atom is 0.146 e. The van der Waals surface area contributed by atoms with Gasteiger partial charge in [0.15, 0.2) is 0 Å². The minimum Gasteiger partial charge on any atom is -0.385 e. The molecule has 20 heavy (non-hydrogen) atoms. The first-order chi connectivity index (χ1) is 9.81. The second-order valence-electron chi connectivity index (χ2n) is 5.05. The predicted octanol–water partition coefficient (Wildman–Crippen LogP) is 1.36. The van der Waals surface area contributed by atoms with Gasteiger partial charge in [0.1, 0.15) is 5.82 Å². The van der Waals surface area contributed by atoms with Gasteiger partial charge in [0.25, 0.3) is 0 Å². The Labute approximate surface area is 120 Å². The highest BCUT2D eigenvalue weighted by molar-refractivity contribution is 5.50. The van der Waals surface area contributed by atoms with Crippen molar-refractivity contribution in [2.45, 2.75) is 13.0 Å². The van der Waals surface area contributed by atoms with Crippen LogP contribution < -0.4 is 15.5 Å². The number of nitrogens with zero attached hydrogens (tertiary/aromatic N) is 1. The summed E-state index contributed by atoms with van der Waals surface area (Å²) in [6.45, 7) is 6.00. The molecule has 1 aromatic carbocycles. The first-order valence-corrected chi connectivity index (χ1v) is 7.25. The second kappa shape index (κ2) is 8.19. The zero-order chi connectivity index (χ0) is 14.2. The Bertz CT molecular complexity index is 408. The molecule has 1 aromatic rings. The number of anilines is 1. The van der Waals surface area contributed by atoms with Crippen molar-refractivity contribution in [1.29, 1.82) is 0 Å². The number of methoxy groups -OCH3 is 1. The van der Waals surface area contributed by atoms with Crippen LogP contribution in [-0.4, -0.2) is 46.4 Å². The molecule has 112 valence electrons. The van der Waals surface area contributed by atoms with Crippen LogP contribution in [-0.2, 0) is 11.3 Å². The predicted molar refractivity (Wildman–Crippen MR) is 79.7 cm³/mol. The summed E-state index contributed by atoms with van der Waals surface area (Å²) in [5.41, 5.74) is 1.85. The van der Waals surface area contributed by atoms with Gasteiger partial charge in [0.05, 0.1) is 5.69 Å². The standard InChI is InChI=1S/C15H24FN3O/c1-20-10-2-5-18-12-13-3-4-14(16)15(11-13)19-8-6-17-7-9-19/h3-4,11,17-18H,2,5-10,12H2,1H3. The molecule has 0 aliphatic carbocycles. The Kier molecular flexibility index (Phi) is 6.24. The molecule has 2 N–H and O–H groups in total. The Balaban J connectivity index is 1.90. The summed E-state index contributed by atoms with van der Waals surface area (Å²) in [5, 5.41) is 6.64. The highest BCUT2D eigenvalue weighted by atomic mass is 19.1. The normalized spacial score (nSPS) is 15.6. The topological polar surface area (TPSA) is 36.5 Å². The molecule has 1 aliphatic heterocycles. The van der Waals surface area contributed by atoms with Crippen LogP contribution in [0.4, 0.5) is 10.1 Å². The third kappa shape index (κ3) is 4.44. The van der Waals surface area contributed by atoms with Crippen LogP contribution in [0.25, 0.3) is 0 Å². The van der Waals surface area contributed by atoms with Crippen LogP contribution >= 0.6 is 0 Å². The average molecular weight is 281 g/mol. The minimum atomic E-state index is -0.130. The van der Waals surface area contributed by atoms with Crippen molar-refractivity contribution in [3.63, 3.8) is 0 Å². The van der Waals surface area contributed by atoms with Crippen molar-refractivity contribution in [3.8, 4) is 0 Å². The van der Waals surface area contributed by atoms with Crippen molar-refractivity contribution in [3.05, 3.63) is 29.6 Å². The zero-order valence-corrected chi connectivity index (χ0v) is 12.1. The van der Waals surface area contributed by atoms with Gasteiger partial charge in [0, 0.05) is 46.4 Å². The van der Waals surface area contributed by atoms with Gasteiger partial charge < -0.3 is 20.3 Å². The van der Waals surface area contributed by atoms with E-state index in [0.717, 1.165) is 63.5 Å². The molecule has 1 heterocycles. The fourth-order valence-electron chi connectivity index (χ4n) is 2.39. The van der Waals surface area contributed by atoms with E-state index in [0.29, 0.717) is 0 Å². The number of ether oxygens (including phenoxy) is 1. The molecule has 1 aliphatic rings. The van der Waals surface area contributed by atoms with Crippen LogP contribution in [0.1, 0.15) is 12.0 Å². The van der Waals surface area contributed by atoms with Gasteiger partial charge in [-0.3, -0.25) is 0 Å². The molecule has 0 spiro atoms. The van der Waals surface area contributed by atoms with Crippen molar-refractivity contribution >= 4 is 5.69 Å². The lowest BCUT2D eigenvalue weighted by Crippen LogP contribution is -2.43. The second-order valence-corrected chi connectivity index (χ2v) is 5.05. The van der Waals surface area contributed by atoms with Gasteiger partial charge >= 0.3 is 0 Å². The van der Waals surface area contributed by atoms with Crippen molar-refractivity contribution in [1.82, 2.24) is 10.6 Å². The van der Waals surface area contributed by atoms with E-state index >= 15 is 0 Å². The Morgan fingerprint density at radius 1 is 1.35 bits per heavy atom. The summed E-state index contributed by atoms with van der Waals surface area (Å²) in [6.07, 6.45) is 0.988. The number of hydrogen-bond acceptors (Lipinski definition) is 4. The summed E-state index contributed by atoms with van der Waals surface area (Å²) in [7, 11) is 1.71. The lowest BCUT2D eigenvalue weighted by Gasteiger charge is -2.30. The zero-order valence-electron chi connectivity index (χ0n) is 12.1. The molecule has 0 unspecified atom stereocenters. The number of halogens is 1. The lowest BCUT2D eigenvalue weighted by atomic mass is 10.1. The van der Waals surface area contributed by atoms with Gasteiger partial charge in [0.2, 0.25) is 0 Å². The van der Waals surface area contributed by atoms with Crippen LogP contribution in [0.2, 0.25) is 0 Å². The average Bonchev–Trinajstić information content (AvgIpc) is 2.49. The molecule has 0 amide bonds. The molecule has 0 bridgehead atoms. The summed E-state index contributed by atoms with van der Waals surface area (Å²) in [4.78, 5) is 2.11. The van der Waals surface area contributed by atoms with E-state index in [1.54, 1.807) is 13.2 Å². The van der Waals surface area contributed by atoms with E-state index in [9.17, 15) is 4.39 Å². The molecule has 0 saturated carbocycles. The number of piperazine rings is 1. The number of rotatable bonds is 7. The molecule has 1 fully saturated rings. The van der Waals surface area contributed by atoms with Gasteiger partial charge in [-0.2, -0.15) is 0 Å². The third-order valence-electron chi connectivity index (χ3n) is 3.50. The van der Waals surface area contributed by atoms with E-state index in [-0.39, 0.29) is 5.82 Å². The summed E-state index contributed by atoms with van der Waals surface area (Å²) < 4.78 is 18.9. The van der Waals surface area contributed by atoms with Gasteiger partial charge in [-0.05, 0) is 30.7 Å². The van der Waals surface area contributed by atoms with E-state index in [1.165, 1.54) is 0 Å². The summed E-state index contributed by atoms with van der Waals surface area (Å²) >= 11 is 0. The molecule has 0 atom stereocenters. The first-order valence-electron chi connectivity index (χ1n) is 7.25. The van der Waals surface area contributed by atoms with Crippen LogP contribution in [0.15, 0.2) is 18.2 Å². The maximum atomic E-state index is 13.9. The Morgan fingerprint density at radius 2 is 2.15 bits per heavy atom. The number of hydrogen-bond donors (Lipinski definition) is 2. The van der Waals surface area contributed by atoms with E-state index in [4.69, 9.17) is 4.74 Å². The molecule has 0 aromatic heterocycles. The molecular weight excluding hydrogens is 257 g/mol. The number of benzene rings is 1. The van der Waals surface area contributed by atoms with Crippen molar-refractivity contribution < 1.29 is 9.13 Å². The van der Waals surface area contributed by atoms with E-state index in [1.807, 2.05) is 12.1 Å². The van der Waals surface area contributed by atoms with E-state index < -0.39 is 0 Å². The van der Waals surface area contributed by atoms with Crippen LogP contribution in [0, 0.1) is 5.82 Å². The molecule has 2 rings (SSSR count). The maximum absolute atomic E-state index is 13.9. The van der Waals surface area contributed by atoms with Gasteiger partial charge in [-0.25, -0.2) is 4.39 Å². The van der Waals surface area contributed by atoms with Crippen molar-refractivity contribution in [2.75, 3.05) is 51.3 Å². The monoisotopic (exact) mass is 281 g/mol. The van der Waals surface area contributed by atoms with Crippen molar-refractivity contribution in [2.24, 2.45) is 0 Å². The fraction of sp³-hybridized carbons (Fsp3) is 0.600. The highest BCUT2D eigenvalue weighted by Gasteiger charge is 2.14. The quantitative estimate of drug-likeness (QED) is 0.740. The minimum absolute atomic E-state index is 0.130. The molecule has 0 radical (unpaired) electrons. The molecular formula is C15H24FN3O. The largest absolute Gasteiger partial charge is 0.385 e. The first kappa shape index (κ1) is 15.2. The molecule has 1 saturated heterocycles. The molecule has 5 heteroatoms. The smallest absolute Gasteiger partial charge is 0.146 e. The number of nitrogens with one attached hydrogen (secondary N) is 2. The SMILES string of the molecule is COCCCNCc1ccc(F)c(N2CCNCC2)c1. The molecule has 4 nitrogen and oxygen atoms in total. The van der Waals surface area contributed by atoms with Gasteiger partial charge in [-0.1, -0.05) is 6.07 Å². The fourth-order valence-corrected chi connectivity index (χ4v) is 2.39. The third-order valence-corrected chi connectivity index (χ3v) is 3.50. The van der Waals surface area contributed by atoms with Crippen LogP contribution in [0.5, 0.6) is 0 Å². The lowest BCUT2D eigenvalue weighted by molar-refractivity contribution is 0.194.